The zero-order valence-electron chi connectivity index (χ0n) is 12.5. The lowest BCUT2D eigenvalue weighted by Gasteiger charge is -2.36. The summed E-state index contributed by atoms with van der Waals surface area (Å²) in [6.45, 7) is 10.4. The fourth-order valence-electron chi connectivity index (χ4n) is 2.95. The van der Waals surface area contributed by atoms with E-state index in [1.54, 1.807) is 0 Å². The summed E-state index contributed by atoms with van der Waals surface area (Å²) in [4.78, 5) is 6.96. The Bertz CT molecular complexity index is 372. The molecule has 0 amide bonds. The van der Waals surface area contributed by atoms with E-state index < -0.39 is 0 Å². The average Bonchev–Trinajstić information content (AvgIpc) is 2.42. The summed E-state index contributed by atoms with van der Waals surface area (Å²) in [6.07, 6.45) is 5.88. The quantitative estimate of drug-likeness (QED) is 0.881. The number of nitrogens with zero attached hydrogens (tertiary/aromatic N) is 2. The van der Waals surface area contributed by atoms with Crippen LogP contribution in [0.15, 0.2) is 18.3 Å². The van der Waals surface area contributed by atoms with Crippen LogP contribution in [0.2, 0.25) is 0 Å². The first-order valence-electron chi connectivity index (χ1n) is 7.60. The van der Waals surface area contributed by atoms with Crippen molar-refractivity contribution in [3.8, 4) is 0 Å². The maximum absolute atomic E-state index is 4.35. The monoisotopic (exact) mass is 261 g/mol. The predicted molar refractivity (Wildman–Crippen MR) is 81.5 cm³/mol. The molecule has 2 rings (SSSR count). The molecule has 0 spiro atoms. The molecule has 0 aliphatic carbocycles. The number of hydrogen-bond donors (Lipinski definition) is 1. The SMILES string of the molecule is CCCN1CCCC(C(C)Nc2ccc(C)nc2)C1. The first kappa shape index (κ1) is 14.3. The number of likely N-dealkylation sites (tertiary alicyclic amines) is 1. The Hall–Kier alpha value is -1.09. The molecule has 1 aromatic rings. The first-order chi connectivity index (χ1) is 9.19. The lowest BCUT2D eigenvalue weighted by Crippen LogP contribution is -2.42. The molecule has 1 aliphatic rings. The van der Waals surface area contributed by atoms with Gasteiger partial charge in [-0.2, -0.15) is 0 Å². The molecular weight excluding hydrogens is 234 g/mol. The lowest BCUT2D eigenvalue weighted by molar-refractivity contribution is 0.165. The third-order valence-electron chi connectivity index (χ3n) is 4.09. The standard InChI is InChI=1S/C16H27N3/c1-4-9-19-10-5-6-15(12-19)14(3)18-16-8-7-13(2)17-11-16/h7-8,11,14-15,18H,4-6,9-10,12H2,1-3H3. The van der Waals surface area contributed by atoms with Crippen LogP contribution in [0.4, 0.5) is 5.69 Å². The zero-order valence-corrected chi connectivity index (χ0v) is 12.5. The van der Waals surface area contributed by atoms with Gasteiger partial charge in [-0.25, -0.2) is 0 Å². The molecule has 1 aromatic heterocycles. The van der Waals surface area contributed by atoms with Gasteiger partial charge in [-0.05, 0) is 64.3 Å². The summed E-state index contributed by atoms with van der Waals surface area (Å²) in [5.74, 6) is 0.751. The Balaban J connectivity index is 1.88. The molecule has 1 fully saturated rings. The minimum Gasteiger partial charge on any atom is -0.381 e. The van der Waals surface area contributed by atoms with Crippen molar-refractivity contribution in [1.29, 1.82) is 0 Å². The van der Waals surface area contributed by atoms with Crippen LogP contribution in [0.1, 0.15) is 38.8 Å². The molecule has 2 atom stereocenters. The molecule has 3 heteroatoms. The van der Waals surface area contributed by atoms with Crippen LogP contribution in [0.3, 0.4) is 0 Å². The van der Waals surface area contributed by atoms with Crippen molar-refractivity contribution < 1.29 is 0 Å². The Morgan fingerprint density at radius 1 is 1.47 bits per heavy atom. The van der Waals surface area contributed by atoms with Crippen LogP contribution in [0.5, 0.6) is 0 Å². The Morgan fingerprint density at radius 2 is 2.32 bits per heavy atom. The lowest BCUT2D eigenvalue weighted by atomic mass is 9.91. The number of aryl methyl sites for hydroxylation is 1. The van der Waals surface area contributed by atoms with Crippen molar-refractivity contribution in [3.63, 3.8) is 0 Å². The highest BCUT2D eigenvalue weighted by Crippen LogP contribution is 2.22. The van der Waals surface area contributed by atoms with Crippen molar-refractivity contribution in [2.75, 3.05) is 25.0 Å². The van der Waals surface area contributed by atoms with Crippen LogP contribution in [-0.4, -0.2) is 35.6 Å². The number of hydrogen-bond acceptors (Lipinski definition) is 3. The number of rotatable bonds is 5. The van der Waals surface area contributed by atoms with Gasteiger partial charge in [0.15, 0.2) is 0 Å². The minimum absolute atomic E-state index is 0.518. The summed E-state index contributed by atoms with van der Waals surface area (Å²) in [5, 5.41) is 3.61. The molecule has 0 bridgehead atoms. The van der Waals surface area contributed by atoms with Gasteiger partial charge in [-0.15, -0.1) is 0 Å². The minimum atomic E-state index is 0.518. The molecule has 1 saturated heterocycles. The summed E-state index contributed by atoms with van der Waals surface area (Å²) < 4.78 is 0. The second kappa shape index (κ2) is 6.90. The molecule has 3 nitrogen and oxygen atoms in total. The third kappa shape index (κ3) is 4.20. The number of pyridine rings is 1. The van der Waals surface area contributed by atoms with Gasteiger partial charge in [-0.3, -0.25) is 4.98 Å². The van der Waals surface area contributed by atoms with E-state index in [9.17, 15) is 0 Å². The van der Waals surface area contributed by atoms with E-state index >= 15 is 0 Å². The van der Waals surface area contributed by atoms with E-state index in [-0.39, 0.29) is 0 Å². The maximum atomic E-state index is 4.35. The van der Waals surface area contributed by atoms with E-state index in [1.165, 1.54) is 38.9 Å². The summed E-state index contributed by atoms with van der Waals surface area (Å²) >= 11 is 0. The number of anilines is 1. The van der Waals surface area contributed by atoms with E-state index in [1.807, 2.05) is 13.1 Å². The highest BCUT2D eigenvalue weighted by Gasteiger charge is 2.24. The van der Waals surface area contributed by atoms with Gasteiger partial charge in [0.2, 0.25) is 0 Å². The van der Waals surface area contributed by atoms with Crippen LogP contribution in [-0.2, 0) is 0 Å². The van der Waals surface area contributed by atoms with Crippen molar-refractivity contribution in [3.05, 3.63) is 24.0 Å². The zero-order chi connectivity index (χ0) is 13.7. The third-order valence-corrected chi connectivity index (χ3v) is 4.09. The fourth-order valence-corrected chi connectivity index (χ4v) is 2.95. The van der Waals surface area contributed by atoms with Gasteiger partial charge in [-0.1, -0.05) is 6.92 Å². The smallest absolute Gasteiger partial charge is 0.0529 e. The van der Waals surface area contributed by atoms with Gasteiger partial charge < -0.3 is 10.2 Å². The van der Waals surface area contributed by atoms with E-state index in [4.69, 9.17) is 0 Å². The number of piperidine rings is 1. The van der Waals surface area contributed by atoms with Crippen molar-refractivity contribution in [2.45, 2.75) is 46.1 Å². The number of nitrogens with one attached hydrogen (secondary N) is 1. The molecule has 1 N–H and O–H groups in total. The molecule has 0 radical (unpaired) electrons. The van der Waals surface area contributed by atoms with Crippen LogP contribution in [0.25, 0.3) is 0 Å². The molecular formula is C16H27N3. The van der Waals surface area contributed by atoms with Crippen LogP contribution in [0, 0.1) is 12.8 Å². The predicted octanol–water partition coefficient (Wildman–Crippen LogP) is 3.31. The summed E-state index contributed by atoms with van der Waals surface area (Å²) in [7, 11) is 0. The number of aromatic nitrogens is 1. The molecule has 0 saturated carbocycles. The average molecular weight is 261 g/mol. The topological polar surface area (TPSA) is 28.2 Å². The fraction of sp³-hybridized carbons (Fsp3) is 0.688. The molecule has 0 aromatic carbocycles. The Kier molecular flexibility index (Phi) is 5.20. The van der Waals surface area contributed by atoms with Gasteiger partial charge in [0.1, 0.15) is 0 Å². The molecule has 2 heterocycles. The van der Waals surface area contributed by atoms with E-state index in [2.05, 4.69) is 41.2 Å². The second-order valence-corrected chi connectivity index (χ2v) is 5.82. The van der Waals surface area contributed by atoms with Gasteiger partial charge in [0.05, 0.1) is 11.9 Å². The molecule has 106 valence electrons. The highest BCUT2D eigenvalue weighted by atomic mass is 15.1. The highest BCUT2D eigenvalue weighted by molar-refractivity contribution is 5.41. The van der Waals surface area contributed by atoms with Crippen LogP contribution < -0.4 is 5.32 Å². The first-order valence-corrected chi connectivity index (χ1v) is 7.60. The Morgan fingerprint density at radius 3 is 3.00 bits per heavy atom. The summed E-state index contributed by atoms with van der Waals surface area (Å²) in [6, 6.07) is 4.72. The Labute approximate surface area is 117 Å². The molecule has 1 aliphatic heterocycles. The second-order valence-electron chi connectivity index (χ2n) is 5.82. The largest absolute Gasteiger partial charge is 0.381 e. The van der Waals surface area contributed by atoms with E-state index in [0.717, 1.165) is 17.3 Å². The van der Waals surface area contributed by atoms with Gasteiger partial charge in [0, 0.05) is 18.3 Å². The molecule has 2 unspecified atom stereocenters. The van der Waals surface area contributed by atoms with Crippen molar-refractivity contribution in [1.82, 2.24) is 9.88 Å². The van der Waals surface area contributed by atoms with Crippen molar-refractivity contribution >= 4 is 5.69 Å². The normalized spacial score (nSPS) is 22.2. The van der Waals surface area contributed by atoms with E-state index in [0.29, 0.717) is 6.04 Å². The summed E-state index contributed by atoms with van der Waals surface area (Å²) in [5.41, 5.74) is 2.22. The van der Waals surface area contributed by atoms with Gasteiger partial charge >= 0.3 is 0 Å². The van der Waals surface area contributed by atoms with Crippen LogP contribution >= 0.6 is 0 Å². The van der Waals surface area contributed by atoms with Crippen molar-refractivity contribution in [2.24, 2.45) is 5.92 Å². The van der Waals surface area contributed by atoms with Gasteiger partial charge in [0.25, 0.3) is 0 Å². The maximum Gasteiger partial charge on any atom is 0.0529 e. The molecule has 19 heavy (non-hydrogen) atoms.